The topological polar surface area (TPSA) is 88.8 Å². The Labute approximate surface area is 195 Å². The number of fused-ring (bicyclic) bond motifs is 1. The number of nitrogens with zero attached hydrogens (tertiary/aromatic N) is 1. The third-order valence-corrected chi connectivity index (χ3v) is 5.27. The number of carboxylic acid groups (broad SMARTS) is 2. The molecule has 10 heteroatoms. The van der Waals surface area contributed by atoms with Gasteiger partial charge in [-0.05, 0) is 48.5 Å². The van der Waals surface area contributed by atoms with Crippen molar-refractivity contribution in [1.29, 1.82) is 0 Å². The van der Waals surface area contributed by atoms with Crippen LogP contribution in [0.15, 0.2) is 66.9 Å². The van der Waals surface area contributed by atoms with Crippen LogP contribution in [0.3, 0.4) is 0 Å². The van der Waals surface area contributed by atoms with Crippen molar-refractivity contribution in [2.45, 2.75) is 12.6 Å². The van der Waals surface area contributed by atoms with Crippen LogP contribution < -0.4 is 4.74 Å². The molecule has 0 saturated carbocycles. The zero-order valence-corrected chi connectivity index (χ0v) is 17.9. The van der Waals surface area contributed by atoms with Gasteiger partial charge in [-0.15, -0.1) is 0 Å². The highest BCUT2D eigenvalue weighted by Crippen LogP contribution is 2.37. The van der Waals surface area contributed by atoms with Crippen molar-refractivity contribution in [3.63, 3.8) is 0 Å². The van der Waals surface area contributed by atoms with E-state index in [1.807, 2.05) is 0 Å². The van der Waals surface area contributed by atoms with Crippen molar-refractivity contribution < 1.29 is 37.7 Å². The lowest BCUT2D eigenvalue weighted by atomic mass is 10.1. The normalized spacial score (nSPS) is 11.5. The summed E-state index contributed by atoms with van der Waals surface area (Å²) in [4.78, 5) is 23.4. The van der Waals surface area contributed by atoms with Crippen LogP contribution in [0, 0.1) is 0 Å². The molecular weight excluding hydrogens is 475 g/mol. The molecule has 34 heavy (non-hydrogen) atoms. The SMILES string of the molecule is O=C(O)Cc1cc2c(cc1Oc1cccc(C(F)(F)F)c1)c(C(=O)O)cn2-c1cccc(Cl)c1. The molecule has 0 amide bonds. The zero-order chi connectivity index (χ0) is 24.6. The molecule has 0 unspecified atom stereocenters. The van der Waals surface area contributed by atoms with Crippen LogP contribution in [-0.4, -0.2) is 26.7 Å². The predicted octanol–water partition coefficient (Wildman–Crippen LogP) is 6.42. The van der Waals surface area contributed by atoms with Gasteiger partial charge in [-0.3, -0.25) is 4.79 Å². The molecule has 0 radical (unpaired) electrons. The second kappa shape index (κ2) is 8.75. The summed E-state index contributed by atoms with van der Waals surface area (Å²) in [6.45, 7) is 0. The molecule has 0 spiro atoms. The van der Waals surface area contributed by atoms with Crippen LogP contribution in [-0.2, 0) is 17.4 Å². The summed E-state index contributed by atoms with van der Waals surface area (Å²) in [5.41, 5.74) is 0.01000. The summed E-state index contributed by atoms with van der Waals surface area (Å²) >= 11 is 6.07. The Hall–Kier alpha value is -3.98. The van der Waals surface area contributed by atoms with Gasteiger partial charge >= 0.3 is 18.1 Å². The van der Waals surface area contributed by atoms with E-state index < -0.39 is 30.1 Å². The molecule has 1 heterocycles. The van der Waals surface area contributed by atoms with Crippen LogP contribution in [0.5, 0.6) is 11.5 Å². The number of carbonyl (C=O) groups is 2. The van der Waals surface area contributed by atoms with E-state index in [0.717, 1.165) is 18.2 Å². The lowest BCUT2D eigenvalue weighted by molar-refractivity contribution is -0.138. The number of hydrogen-bond acceptors (Lipinski definition) is 3. The zero-order valence-electron chi connectivity index (χ0n) is 17.1. The molecule has 6 nitrogen and oxygen atoms in total. The number of benzene rings is 3. The smallest absolute Gasteiger partial charge is 0.416 e. The maximum atomic E-state index is 13.1. The lowest BCUT2D eigenvalue weighted by Gasteiger charge is -2.14. The highest BCUT2D eigenvalue weighted by atomic mass is 35.5. The summed E-state index contributed by atoms with van der Waals surface area (Å²) in [5.74, 6) is -2.69. The summed E-state index contributed by atoms with van der Waals surface area (Å²) in [6.07, 6.45) is -3.75. The van der Waals surface area contributed by atoms with Crippen LogP contribution in [0.25, 0.3) is 16.6 Å². The molecule has 0 aliphatic heterocycles. The minimum Gasteiger partial charge on any atom is -0.481 e. The fourth-order valence-corrected chi connectivity index (χ4v) is 3.75. The third-order valence-electron chi connectivity index (χ3n) is 5.03. The number of hydrogen-bond donors (Lipinski definition) is 2. The van der Waals surface area contributed by atoms with Gasteiger partial charge in [0.15, 0.2) is 0 Å². The molecular formula is C24H15ClF3NO5. The molecule has 4 rings (SSSR count). The Balaban J connectivity index is 1.91. The molecule has 0 saturated heterocycles. The predicted molar refractivity (Wildman–Crippen MR) is 118 cm³/mol. The van der Waals surface area contributed by atoms with E-state index in [0.29, 0.717) is 16.2 Å². The van der Waals surface area contributed by atoms with E-state index >= 15 is 0 Å². The molecule has 3 aromatic carbocycles. The molecule has 1 aromatic heterocycles. The Bertz CT molecular complexity index is 1430. The molecule has 0 aliphatic rings. The maximum absolute atomic E-state index is 13.1. The number of ether oxygens (including phenoxy) is 1. The van der Waals surface area contributed by atoms with E-state index in [9.17, 15) is 33.0 Å². The second-order valence-electron chi connectivity index (χ2n) is 7.37. The first-order valence-electron chi connectivity index (χ1n) is 9.77. The minimum atomic E-state index is -4.60. The fourth-order valence-electron chi connectivity index (χ4n) is 3.56. The lowest BCUT2D eigenvalue weighted by Crippen LogP contribution is -2.05. The monoisotopic (exact) mass is 489 g/mol. The molecule has 0 atom stereocenters. The molecule has 0 bridgehead atoms. The van der Waals surface area contributed by atoms with Crippen LogP contribution in [0.2, 0.25) is 5.02 Å². The third kappa shape index (κ3) is 4.69. The van der Waals surface area contributed by atoms with E-state index in [1.54, 1.807) is 28.8 Å². The number of carboxylic acids is 2. The van der Waals surface area contributed by atoms with E-state index in [4.69, 9.17) is 16.3 Å². The second-order valence-corrected chi connectivity index (χ2v) is 7.81. The Morgan fingerprint density at radius 3 is 2.38 bits per heavy atom. The van der Waals surface area contributed by atoms with Gasteiger partial charge in [0.1, 0.15) is 11.5 Å². The quantitative estimate of drug-likeness (QED) is 0.326. The fraction of sp³-hybridized carbons (Fsp3) is 0.0833. The summed E-state index contributed by atoms with van der Waals surface area (Å²) in [5, 5.41) is 19.7. The summed E-state index contributed by atoms with van der Waals surface area (Å²) in [6, 6.07) is 13.5. The van der Waals surface area contributed by atoms with Crippen molar-refractivity contribution in [2.24, 2.45) is 0 Å². The first-order valence-corrected chi connectivity index (χ1v) is 10.1. The number of rotatable bonds is 6. The summed E-state index contributed by atoms with van der Waals surface area (Å²) in [7, 11) is 0. The number of alkyl halides is 3. The van der Waals surface area contributed by atoms with Crippen molar-refractivity contribution in [3.8, 4) is 17.2 Å². The van der Waals surface area contributed by atoms with Gasteiger partial charge < -0.3 is 19.5 Å². The Morgan fingerprint density at radius 1 is 1.00 bits per heavy atom. The largest absolute Gasteiger partial charge is 0.481 e. The van der Waals surface area contributed by atoms with E-state index in [1.165, 1.54) is 24.4 Å². The number of aromatic carboxylic acids is 1. The number of aromatic nitrogens is 1. The van der Waals surface area contributed by atoms with Gasteiger partial charge in [0.2, 0.25) is 0 Å². The van der Waals surface area contributed by atoms with Gasteiger partial charge in [0.05, 0.1) is 23.1 Å². The Kier molecular flexibility index (Phi) is 5.97. The number of aliphatic carboxylic acids is 1. The maximum Gasteiger partial charge on any atom is 0.416 e. The van der Waals surface area contributed by atoms with Gasteiger partial charge in [-0.25, -0.2) is 4.79 Å². The van der Waals surface area contributed by atoms with Crippen molar-refractivity contribution in [2.75, 3.05) is 0 Å². The van der Waals surface area contributed by atoms with Crippen molar-refractivity contribution in [3.05, 3.63) is 88.6 Å². The first kappa shape index (κ1) is 23.2. The average molecular weight is 490 g/mol. The van der Waals surface area contributed by atoms with Gasteiger partial charge in [0.25, 0.3) is 0 Å². The molecule has 174 valence electrons. The first-order chi connectivity index (χ1) is 16.0. The summed E-state index contributed by atoms with van der Waals surface area (Å²) < 4.78 is 46.5. The highest BCUT2D eigenvalue weighted by Gasteiger charge is 2.30. The van der Waals surface area contributed by atoms with E-state index in [-0.39, 0.29) is 28.0 Å². The van der Waals surface area contributed by atoms with Gasteiger partial charge in [-0.1, -0.05) is 23.7 Å². The minimum absolute atomic E-state index is 0.0689. The standard InChI is InChI=1S/C24H15ClF3NO5/c25-15-4-2-5-16(10-15)29-12-19(23(32)33)18-11-21(13(7-20(18)29)8-22(30)31)34-17-6-1-3-14(9-17)24(26,27)28/h1-7,9-12H,8H2,(H,30,31)(H,32,33). The molecule has 0 aliphatic carbocycles. The van der Waals surface area contributed by atoms with Gasteiger partial charge in [0, 0.05) is 27.9 Å². The molecule has 2 N–H and O–H groups in total. The molecule has 4 aromatic rings. The molecule has 0 fully saturated rings. The van der Waals surface area contributed by atoms with Crippen molar-refractivity contribution >= 4 is 34.4 Å². The van der Waals surface area contributed by atoms with Crippen LogP contribution >= 0.6 is 11.6 Å². The van der Waals surface area contributed by atoms with E-state index in [2.05, 4.69) is 0 Å². The Morgan fingerprint density at radius 2 is 1.74 bits per heavy atom. The van der Waals surface area contributed by atoms with Crippen molar-refractivity contribution in [1.82, 2.24) is 4.57 Å². The van der Waals surface area contributed by atoms with Crippen LogP contribution in [0.1, 0.15) is 21.5 Å². The highest BCUT2D eigenvalue weighted by molar-refractivity contribution is 6.30. The number of halogens is 4. The van der Waals surface area contributed by atoms with Gasteiger partial charge in [-0.2, -0.15) is 13.2 Å². The average Bonchev–Trinajstić information content (AvgIpc) is 3.12. The van der Waals surface area contributed by atoms with Crippen LogP contribution in [0.4, 0.5) is 13.2 Å².